The standard InChI is InChI=1S/C19H18N2O3S/c1-24-17-9-10-18(25(20,22)23)19(15-8-5-11-21-13-15)16(17)12-14-6-3-2-4-7-14/h2-11,13H,12H2,1H3,(H2,20,22,23). The van der Waals surface area contributed by atoms with Crippen LogP contribution in [0.3, 0.4) is 0 Å². The number of nitrogens with two attached hydrogens (primary N) is 1. The number of hydrogen-bond donors (Lipinski definition) is 1. The second-order valence-electron chi connectivity index (χ2n) is 5.57. The molecule has 3 aromatic rings. The number of ether oxygens (including phenoxy) is 1. The third-order valence-electron chi connectivity index (χ3n) is 3.93. The number of hydrogen-bond acceptors (Lipinski definition) is 4. The average Bonchev–Trinajstić information content (AvgIpc) is 2.62. The van der Waals surface area contributed by atoms with Crippen LogP contribution in [0.15, 0.2) is 71.9 Å². The lowest BCUT2D eigenvalue weighted by molar-refractivity contribution is 0.410. The van der Waals surface area contributed by atoms with Crippen LogP contribution in [0.25, 0.3) is 11.1 Å². The summed E-state index contributed by atoms with van der Waals surface area (Å²) in [4.78, 5) is 4.17. The molecule has 0 bridgehead atoms. The molecule has 1 heterocycles. The normalized spacial score (nSPS) is 11.3. The van der Waals surface area contributed by atoms with Crippen molar-refractivity contribution in [3.05, 3.63) is 78.1 Å². The van der Waals surface area contributed by atoms with E-state index in [2.05, 4.69) is 4.98 Å². The first kappa shape index (κ1) is 17.1. The van der Waals surface area contributed by atoms with Crippen LogP contribution < -0.4 is 9.88 Å². The van der Waals surface area contributed by atoms with Crippen molar-refractivity contribution in [1.82, 2.24) is 4.98 Å². The number of benzene rings is 2. The minimum Gasteiger partial charge on any atom is -0.496 e. The van der Waals surface area contributed by atoms with Crippen molar-refractivity contribution in [2.75, 3.05) is 7.11 Å². The summed E-state index contributed by atoms with van der Waals surface area (Å²) in [5.74, 6) is 0.607. The predicted octanol–water partition coefficient (Wildman–Crippen LogP) is 3.00. The SMILES string of the molecule is COc1ccc(S(N)(=O)=O)c(-c2cccnc2)c1Cc1ccccc1. The summed E-state index contributed by atoms with van der Waals surface area (Å²) in [7, 11) is -2.34. The third-order valence-corrected chi connectivity index (χ3v) is 4.89. The number of aromatic nitrogens is 1. The second kappa shape index (κ2) is 7.04. The molecule has 5 nitrogen and oxygen atoms in total. The van der Waals surface area contributed by atoms with E-state index in [-0.39, 0.29) is 4.90 Å². The van der Waals surface area contributed by atoms with Crippen LogP contribution in [0.5, 0.6) is 5.75 Å². The number of pyridine rings is 1. The zero-order valence-corrected chi connectivity index (χ0v) is 14.5. The maximum atomic E-state index is 12.1. The van der Waals surface area contributed by atoms with E-state index in [4.69, 9.17) is 9.88 Å². The molecule has 1 aromatic heterocycles. The van der Waals surface area contributed by atoms with Crippen LogP contribution >= 0.6 is 0 Å². The molecule has 0 saturated heterocycles. The quantitative estimate of drug-likeness (QED) is 0.763. The third kappa shape index (κ3) is 3.70. The molecule has 2 N–H and O–H groups in total. The van der Waals surface area contributed by atoms with Gasteiger partial charge in [0.05, 0.1) is 12.0 Å². The summed E-state index contributed by atoms with van der Waals surface area (Å²) >= 11 is 0. The molecule has 0 amide bonds. The van der Waals surface area contributed by atoms with Crippen LogP contribution in [0.1, 0.15) is 11.1 Å². The topological polar surface area (TPSA) is 82.3 Å². The van der Waals surface area contributed by atoms with Gasteiger partial charge in [-0.2, -0.15) is 0 Å². The fourth-order valence-corrected chi connectivity index (χ4v) is 3.62. The lowest BCUT2D eigenvalue weighted by atomic mass is 9.94. The number of sulfonamides is 1. The molecule has 0 aliphatic carbocycles. The Morgan fingerprint density at radius 1 is 1.04 bits per heavy atom. The van der Waals surface area contributed by atoms with Gasteiger partial charge in [-0.05, 0) is 23.8 Å². The van der Waals surface area contributed by atoms with Crippen LogP contribution in [0, 0.1) is 0 Å². The van der Waals surface area contributed by atoms with Gasteiger partial charge < -0.3 is 4.74 Å². The summed E-state index contributed by atoms with van der Waals surface area (Å²) < 4.78 is 29.8. The number of primary sulfonamides is 1. The van der Waals surface area contributed by atoms with Crippen LogP contribution in [-0.2, 0) is 16.4 Å². The number of rotatable bonds is 5. The first-order chi connectivity index (χ1) is 12.0. The summed E-state index contributed by atoms with van der Waals surface area (Å²) in [5.41, 5.74) is 3.00. The van der Waals surface area contributed by atoms with Crippen molar-refractivity contribution < 1.29 is 13.2 Å². The Balaban J connectivity index is 2.30. The first-order valence-electron chi connectivity index (χ1n) is 7.67. The average molecular weight is 354 g/mol. The molecule has 2 aromatic carbocycles. The van der Waals surface area contributed by atoms with Crippen molar-refractivity contribution in [2.45, 2.75) is 11.3 Å². The lowest BCUT2D eigenvalue weighted by Gasteiger charge is -2.17. The minimum atomic E-state index is -3.90. The highest BCUT2D eigenvalue weighted by Crippen LogP contribution is 2.37. The molecule has 0 radical (unpaired) electrons. The maximum absolute atomic E-state index is 12.1. The molecule has 0 unspecified atom stereocenters. The number of methoxy groups -OCH3 is 1. The summed E-state index contributed by atoms with van der Waals surface area (Å²) in [6.07, 6.45) is 3.77. The van der Waals surface area contributed by atoms with Crippen molar-refractivity contribution in [2.24, 2.45) is 5.14 Å². The van der Waals surface area contributed by atoms with Gasteiger partial charge in [0.1, 0.15) is 5.75 Å². The summed E-state index contributed by atoms with van der Waals surface area (Å²) in [6, 6.07) is 16.5. The van der Waals surface area contributed by atoms with Gasteiger partial charge in [0.15, 0.2) is 0 Å². The van der Waals surface area contributed by atoms with E-state index in [0.29, 0.717) is 23.3 Å². The minimum absolute atomic E-state index is 0.0623. The molecule has 0 saturated carbocycles. The molecule has 0 fully saturated rings. The van der Waals surface area contributed by atoms with Gasteiger partial charge in [-0.15, -0.1) is 0 Å². The molecule has 0 spiro atoms. The molecule has 25 heavy (non-hydrogen) atoms. The first-order valence-corrected chi connectivity index (χ1v) is 9.22. The van der Waals surface area contributed by atoms with Crippen LogP contribution in [0.2, 0.25) is 0 Å². The Hall–Kier alpha value is -2.70. The molecule has 0 aliphatic heterocycles. The van der Waals surface area contributed by atoms with Gasteiger partial charge in [-0.1, -0.05) is 36.4 Å². The number of nitrogens with zero attached hydrogens (tertiary/aromatic N) is 1. The fourth-order valence-electron chi connectivity index (χ4n) is 2.84. The van der Waals surface area contributed by atoms with Gasteiger partial charge in [-0.25, -0.2) is 13.6 Å². The van der Waals surface area contributed by atoms with E-state index in [1.807, 2.05) is 36.4 Å². The smallest absolute Gasteiger partial charge is 0.238 e. The molecule has 6 heteroatoms. The van der Waals surface area contributed by atoms with Crippen LogP contribution in [0.4, 0.5) is 0 Å². The molecular formula is C19H18N2O3S. The maximum Gasteiger partial charge on any atom is 0.238 e. The lowest BCUT2D eigenvalue weighted by Crippen LogP contribution is -2.15. The van der Waals surface area contributed by atoms with E-state index in [1.54, 1.807) is 31.6 Å². The van der Waals surface area contributed by atoms with Gasteiger partial charge in [-0.3, -0.25) is 4.98 Å². The van der Waals surface area contributed by atoms with Crippen molar-refractivity contribution in [3.63, 3.8) is 0 Å². The van der Waals surface area contributed by atoms with E-state index in [1.165, 1.54) is 6.07 Å². The molecule has 0 atom stereocenters. The highest BCUT2D eigenvalue weighted by atomic mass is 32.2. The molecule has 3 rings (SSSR count). The Kier molecular flexibility index (Phi) is 4.83. The van der Waals surface area contributed by atoms with E-state index in [9.17, 15) is 8.42 Å². The Labute approximate surface area is 147 Å². The zero-order chi connectivity index (χ0) is 17.9. The van der Waals surface area contributed by atoms with Gasteiger partial charge in [0.25, 0.3) is 0 Å². The Morgan fingerprint density at radius 3 is 2.40 bits per heavy atom. The van der Waals surface area contributed by atoms with E-state index >= 15 is 0 Å². The van der Waals surface area contributed by atoms with Gasteiger partial charge in [0.2, 0.25) is 10.0 Å². The Morgan fingerprint density at radius 2 is 1.80 bits per heavy atom. The van der Waals surface area contributed by atoms with Gasteiger partial charge >= 0.3 is 0 Å². The van der Waals surface area contributed by atoms with Gasteiger partial charge in [0, 0.05) is 35.5 Å². The summed E-state index contributed by atoms with van der Waals surface area (Å²) in [6.45, 7) is 0. The zero-order valence-electron chi connectivity index (χ0n) is 13.7. The monoisotopic (exact) mass is 354 g/mol. The fraction of sp³-hybridized carbons (Fsp3) is 0.105. The molecule has 0 aliphatic rings. The van der Waals surface area contributed by atoms with E-state index in [0.717, 1.165) is 11.1 Å². The Bertz CT molecular complexity index is 972. The van der Waals surface area contributed by atoms with Crippen molar-refractivity contribution >= 4 is 10.0 Å². The van der Waals surface area contributed by atoms with E-state index < -0.39 is 10.0 Å². The molecule has 128 valence electrons. The molecular weight excluding hydrogens is 336 g/mol. The second-order valence-corrected chi connectivity index (χ2v) is 7.10. The largest absolute Gasteiger partial charge is 0.496 e. The van der Waals surface area contributed by atoms with Crippen LogP contribution in [-0.4, -0.2) is 20.5 Å². The van der Waals surface area contributed by atoms with Crippen molar-refractivity contribution in [3.8, 4) is 16.9 Å². The highest BCUT2D eigenvalue weighted by molar-refractivity contribution is 7.89. The highest BCUT2D eigenvalue weighted by Gasteiger charge is 2.22. The van der Waals surface area contributed by atoms with Crippen molar-refractivity contribution in [1.29, 1.82) is 0 Å². The predicted molar refractivity (Wildman–Crippen MR) is 96.8 cm³/mol. The summed E-state index contributed by atoms with van der Waals surface area (Å²) in [5, 5.41) is 5.46.